The molecule has 0 radical (unpaired) electrons. The van der Waals surface area contributed by atoms with Crippen LogP contribution in [0.15, 0.2) is 0 Å². The van der Waals surface area contributed by atoms with Crippen LogP contribution in [-0.2, 0) is 20.6 Å². The molecule has 0 aliphatic heterocycles. The summed E-state index contributed by atoms with van der Waals surface area (Å²) in [6, 6.07) is 0. The molecule has 0 aliphatic rings. The van der Waals surface area contributed by atoms with Crippen LogP contribution in [0.25, 0.3) is 0 Å². The van der Waals surface area contributed by atoms with Crippen molar-refractivity contribution < 1.29 is 18.3 Å². The van der Waals surface area contributed by atoms with Gasteiger partial charge in [0.1, 0.15) is 5.75 Å². The van der Waals surface area contributed by atoms with Crippen LogP contribution in [0.1, 0.15) is 27.2 Å². The molecule has 0 heterocycles. The molecular weight excluding hydrogens is 192 g/mol. The van der Waals surface area contributed by atoms with Gasteiger partial charge in [0.15, 0.2) is 11.1 Å². The summed E-state index contributed by atoms with van der Waals surface area (Å²) in [4.78, 5) is 10.8. The van der Waals surface area contributed by atoms with Gasteiger partial charge in [-0.2, -0.15) is 0 Å². The van der Waals surface area contributed by atoms with Gasteiger partial charge >= 0.3 is 5.97 Å². The molecule has 0 aromatic rings. The van der Waals surface area contributed by atoms with Gasteiger partial charge in [-0.15, -0.1) is 0 Å². The van der Waals surface area contributed by atoms with Gasteiger partial charge in [0, 0.05) is 0 Å². The standard InChI is InChI=1S/C8H16O4S/c1-8(2,3)4-5-12-7(9)6-13(10)11/h4-6H2,1-3H3,(H,10,11). The second-order valence-electron chi connectivity index (χ2n) is 4.00. The second kappa shape index (κ2) is 5.34. The first kappa shape index (κ1) is 12.6. The Labute approximate surface area is 80.9 Å². The van der Waals surface area contributed by atoms with E-state index in [1.165, 1.54) is 0 Å². The summed E-state index contributed by atoms with van der Waals surface area (Å²) < 4.78 is 23.3. The molecular formula is C8H16O4S. The summed E-state index contributed by atoms with van der Waals surface area (Å²) in [5.74, 6) is -1.06. The SMILES string of the molecule is CC(C)(C)CCOC(=O)CS(=O)O. The van der Waals surface area contributed by atoms with Crippen molar-refractivity contribution in [1.82, 2.24) is 0 Å². The lowest BCUT2D eigenvalue weighted by atomic mass is 9.93. The predicted octanol–water partition coefficient (Wildman–Crippen LogP) is 1.19. The van der Waals surface area contributed by atoms with Crippen LogP contribution in [0.5, 0.6) is 0 Å². The van der Waals surface area contributed by atoms with Crippen molar-refractivity contribution in [3.8, 4) is 0 Å². The first-order valence-electron chi connectivity index (χ1n) is 4.04. The van der Waals surface area contributed by atoms with Gasteiger partial charge in [0.05, 0.1) is 6.61 Å². The maximum atomic E-state index is 10.8. The quantitative estimate of drug-likeness (QED) is 0.556. The summed E-state index contributed by atoms with van der Waals surface area (Å²) in [7, 11) is 0. The summed E-state index contributed by atoms with van der Waals surface area (Å²) in [6.07, 6.45) is 0.747. The van der Waals surface area contributed by atoms with Crippen molar-refractivity contribution >= 4 is 17.0 Å². The van der Waals surface area contributed by atoms with Crippen molar-refractivity contribution in [2.75, 3.05) is 12.4 Å². The van der Waals surface area contributed by atoms with Crippen LogP contribution < -0.4 is 0 Å². The fraction of sp³-hybridized carbons (Fsp3) is 0.875. The molecule has 1 unspecified atom stereocenters. The van der Waals surface area contributed by atoms with Gasteiger partial charge in [-0.25, -0.2) is 4.21 Å². The summed E-state index contributed by atoms with van der Waals surface area (Å²) >= 11 is -2.09. The van der Waals surface area contributed by atoms with Crippen LogP contribution >= 0.6 is 0 Å². The minimum Gasteiger partial charge on any atom is -0.465 e. The zero-order valence-corrected chi connectivity index (χ0v) is 9.02. The molecule has 1 N–H and O–H groups in total. The number of hydrogen-bond donors (Lipinski definition) is 1. The van der Waals surface area contributed by atoms with Gasteiger partial charge in [-0.05, 0) is 11.8 Å². The van der Waals surface area contributed by atoms with E-state index in [0.717, 1.165) is 6.42 Å². The minimum absolute atomic E-state index is 0.110. The average molecular weight is 208 g/mol. The third-order valence-corrected chi connectivity index (χ3v) is 1.84. The third-order valence-electron chi connectivity index (χ3n) is 1.36. The van der Waals surface area contributed by atoms with Crippen LogP contribution in [0, 0.1) is 5.41 Å². The van der Waals surface area contributed by atoms with Crippen molar-refractivity contribution in [2.45, 2.75) is 27.2 Å². The van der Waals surface area contributed by atoms with E-state index in [0.29, 0.717) is 6.61 Å². The molecule has 4 nitrogen and oxygen atoms in total. The Morgan fingerprint density at radius 2 is 2.00 bits per heavy atom. The smallest absolute Gasteiger partial charge is 0.320 e. The Morgan fingerprint density at radius 3 is 2.38 bits per heavy atom. The van der Waals surface area contributed by atoms with Crippen LogP contribution in [0.2, 0.25) is 0 Å². The zero-order chi connectivity index (χ0) is 10.5. The molecule has 0 aromatic carbocycles. The first-order valence-corrected chi connectivity index (χ1v) is 5.32. The number of esters is 1. The molecule has 78 valence electrons. The predicted molar refractivity (Wildman–Crippen MR) is 50.7 cm³/mol. The Bertz CT molecular complexity index is 195. The first-order chi connectivity index (χ1) is 5.81. The largest absolute Gasteiger partial charge is 0.465 e. The van der Waals surface area contributed by atoms with Gasteiger partial charge in [-0.1, -0.05) is 20.8 Å². The highest BCUT2D eigenvalue weighted by atomic mass is 32.2. The van der Waals surface area contributed by atoms with Gasteiger partial charge < -0.3 is 9.29 Å². The average Bonchev–Trinajstić information content (AvgIpc) is 1.81. The van der Waals surface area contributed by atoms with Gasteiger partial charge in [0.25, 0.3) is 0 Å². The molecule has 0 saturated heterocycles. The molecule has 0 saturated carbocycles. The van der Waals surface area contributed by atoms with Crippen molar-refractivity contribution in [2.24, 2.45) is 5.41 Å². The normalized spacial score (nSPS) is 13.8. The van der Waals surface area contributed by atoms with E-state index in [1.54, 1.807) is 0 Å². The summed E-state index contributed by atoms with van der Waals surface area (Å²) in [5, 5.41) is 0. The molecule has 0 amide bonds. The minimum atomic E-state index is -2.09. The van der Waals surface area contributed by atoms with E-state index in [-0.39, 0.29) is 5.41 Å². The number of carbonyl (C=O) groups is 1. The van der Waals surface area contributed by atoms with E-state index in [2.05, 4.69) is 0 Å². The number of rotatable bonds is 4. The Balaban J connectivity index is 3.54. The van der Waals surface area contributed by atoms with E-state index in [9.17, 15) is 9.00 Å². The maximum Gasteiger partial charge on any atom is 0.320 e. The maximum absolute atomic E-state index is 10.8. The highest BCUT2D eigenvalue weighted by molar-refractivity contribution is 7.80. The second-order valence-corrected chi connectivity index (χ2v) is 4.93. The van der Waals surface area contributed by atoms with Crippen molar-refractivity contribution in [3.63, 3.8) is 0 Å². The Morgan fingerprint density at radius 1 is 1.46 bits per heavy atom. The highest BCUT2D eigenvalue weighted by Crippen LogP contribution is 2.17. The van der Waals surface area contributed by atoms with Gasteiger partial charge in [0.2, 0.25) is 0 Å². The highest BCUT2D eigenvalue weighted by Gasteiger charge is 2.12. The lowest BCUT2D eigenvalue weighted by Crippen LogP contribution is -2.17. The number of carbonyl (C=O) groups excluding carboxylic acids is 1. The van der Waals surface area contributed by atoms with E-state index < -0.39 is 22.8 Å². The lowest BCUT2D eigenvalue weighted by Gasteiger charge is -2.17. The van der Waals surface area contributed by atoms with Crippen LogP contribution in [0.3, 0.4) is 0 Å². The summed E-state index contributed by atoms with van der Waals surface area (Å²) in [6.45, 7) is 6.40. The number of hydrogen-bond acceptors (Lipinski definition) is 3. The molecule has 5 heteroatoms. The lowest BCUT2D eigenvalue weighted by molar-refractivity contribution is -0.141. The fourth-order valence-electron chi connectivity index (χ4n) is 0.614. The molecule has 0 bridgehead atoms. The summed E-state index contributed by atoms with van der Waals surface area (Å²) in [5.41, 5.74) is 0.110. The molecule has 0 rings (SSSR count). The fourth-order valence-corrected chi connectivity index (χ4v) is 0.899. The number of ether oxygens (including phenoxy) is 1. The monoisotopic (exact) mass is 208 g/mol. The van der Waals surface area contributed by atoms with Crippen LogP contribution in [0.4, 0.5) is 0 Å². The molecule has 0 fully saturated rings. The molecule has 13 heavy (non-hydrogen) atoms. The van der Waals surface area contributed by atoms with Crippen LogP contribution in [-0.4, -0.2) is 27.1 Å². The topological polar surface area (TPSA) is 63.6 Å². The zero-order valence-electron chi connectivity index (χ0n) is 8.20. The molecule has 0 spiro atoms. The van der Waals surface area contributed by atoms with Gasteiger partial charge in [-0.3, -0.25) is 4.79 Å². The Kier molecular flexibility index (Phi) is 5.17. The third kappa shape index (κ3) is 9.49. The van der Waals surface area contributed by atoms with Crippen molar-refractivity contribution in [3.05, 3.63) is 0 Å². The van der Waals surface area contributed by atoms with Crippen molar-refractivity contribution in [1.29, 1.82) is 0 Å². The molecule has 1 atom stereocenters. The van der Waals surface area contributed by atoms with E-state index >= 15 is 0 Å². The Hall–Kier alpha value is -0.420. The molecule has 0 aromatic heterocycles. The van der Waals surface area contributed by atoms with E-state index in [4.69, 9.17) is 9.29 Å². The molecule has 0 aliphatic carbocycles. The van der Waals surface area contributed by atoms with E-state index in [1.807, 2.05) is 20.8 Å².